The minimum Gasteiger partial charge on any atom is -0.157 e. The molecule has 0 nitrogen and oxygen atoms in total. The van der Waals surface area contributed by atoms with Crippen molar-refractivity contribution in [1.82, 2.24) is 0 Å². The second-order valence-corrected chi connectivity index (χ2v) is 4.67. The van der Waals surface area contributed by atoms with E-state index in [0.717, 1.165) is 0 Å². The molecule has 0 spiro atoms. The normalized spacial score (nSPS) is 10.6. The highest BCUT2D eigenvalue weighted by atomic mass is 32.2. The molecule has 79 valence electrons. The highest BCUT2D eigenvalue weighted by molar-refractivity contribution is 8.01. The molecule has 0 fully saturated rings. The highest BCUT2D eigenvalue weighted by Gasteiger charge is 1.91. The van der Waals surface area contributed by atoms with Crippen LogP contribution in [0.2, 0.25) is 0 Å². The largest absolute Gasteiger partial charge is 0.157 e. The molecule has 0 amide bonds. The molecule has 0 atom stereocenters. The van der Waals surface area contributed by atoms with Gasteiger partial charge in [0.15, 0.2) is 0 Å². The Kier molecular flexibility index (Phi) is 12.7. The summed E-state index contributed by atoms with van der Waals surface area (Å²) in [6.45, 7) is 4.53. The summed E-state index contributed by atoms with van der Waals surface area (Å²) in [6, 6.07) is 0. The van der Waals surface area contributed by atoms with E-state index < -0.39 is 0 Å². The maximum Gasteiger partial charge on any atom is 0.0166 e. The Balaban J connectivity index is 2.76. The Morgan fingerprint density at radius 2 is 1.54 bits per heavy atom. The number of hydrogen-bond acceptors (Lipinski definition) is 1. The zero-order valence-corrected chi connectivity index (χ0v) is 10.2. The van der Waals surface area contributed by atoms with Gasteiger partial charge in [-0.2, -0.15) is 11.8 Å². The lowest BCUT2D eigenvalue weighted by Crippen LogP contribution is -1.80. The van der Waals surface area contributed by atoms with E-state index >= 15 is 0 Å². The summed E-state index contributed by atoms with van der Waals surface area (Å²) >= 11 is 2.02. The molecule has 0 N–H and O–H groups in total. The average molecular weight is 201 g/mol. The van der Waals surface area contributed by atoms with Crippen molar-refractivity contribution >= 4 is 11.8 Å². The smallest absolute Gasteiger partial charge is 0.0166 e. The summed E-state index contributed by atoms with van der Waals surface area (Å²) in [5, 5.41) is 0. The topological polar surface area (TPSA) is 0 Å². The van der Waals surface area contributed by atoms with Gasteiger partial charge in [0.05, 0.1) is 0 Å². The van der Waals surface area contributed by atoms with Gasteiger partial charge in [-0.05, 0) is 18.6 Å². The Morgan fingerprint density at radius 3 is 2.23 bits per heavy atom. The molecule has 0 aliphatic carbocycles. The van der Waals surface area contributed by atoms with Crippen LogP contribution in [0.5, 0.6) is 0 Å². The summed E-state index contributed by atoms with van der Waals surface area (Å²) in [5.41, 5.74) is 0. The summed E-state index contributed by atoms with van der Waals surface area (Å²) in [5.74, 6) is 3.73. The van der Waals surface area contributed by atoms with Gasteiger partial charge in [0.2, 0.25) is 0 Å². The second-order valence-electron chi connectivity index (χ2n) is 3.59. The quantitative estimate of drug-likeness (QED) is 0.446. The molecule has 0 heterocycles. The van der Waals surface area contributed by atoms with E-state index in [-0.39, 0.29) is 0 Å². The molecular formula is C12H25S. The number of unbranched alkanes of at least 4 members (excludes halogenated alkanes) is 6. The molecule has 0 bridgehead atoms. The monoisotopic (exact) mass is 201 g/mol. The molecule has 1 radical (unpaired) electrons. The first-order valence-corrected chi connectivity index (χ1v) is 6.90. The van der Waals surface area contributed by atoms with Gasteiger partial charge in [0.1, 0.15) is 0 Å². The van der Waals surface area contributed by atoms with Crippen molar-refractivity contribution in [3.05, 3.63) is 5.75 Å². The molecule has 0 aliphatic heterocycles. The third-order valence-corrected chi connectivity index (χ3v) is 3.15. The summed E-state index contributed by atoms with van der Waals surface area (Å²) in [6.07, 6.45) is 11.1. The lowest BCUT2D eigenvalue weighted by atomic mass is 10.1. The first-order chi connectivity index (χ1) is 6.41. The van der Waals surface area contributed by atoms with E-state index in [4.69, 9.17) is 0 Å². The molecule has 13 heavy (non-hydrogen) atoms. The van der Waals surface area contributed by atoms with Gasteiger partial charge >= 0.3 is 0 Å². The molecule has 0 aliphatic rings. The van der Waals surface area contributed by atoms with Gasteiger partial charge in [-0.15, -0.1) is 0 Å². The lowest BCUT2D eigenvalue weighted by Gasteiger charge is -2.00. The van der Waals surface area contributed by atoms with Gasteiger partial charge < -0.3 is 0 Å². The molecule has 0 aromatic rings. The molecule has 0 rings (SSSR count). The third-order valence-electron chi connectivity index (χ3n) is 2.16. The Hall–Kier alpha value is 0.350. The lowest BCUT2D eigenvalue weighted by molar-refractivity contribution is 0.635. The van der Waals surface area contributed by atoms with Crippen LogP contribution in [-0.2, 0) is 0 Å². The van der Waals surface area contributed by atoms with E-state index in [1.807, 2.05) is 11.8 Å². The fourth-order valence-corrected chi connectivity index (χ4v) is 2.18. The van der Waals surface area contributed by atoms with Crippen LogP contribution in [0.15, 0.2) is 0 Å². The molecule has 0 unspecified atom stereocenters. The Bertz CT molecular complexity index is 71.2. The maximum absolute atomic E-state index is 2.40. The first kappa shape index (κ1) is 13.4. The number of thioether (sulfide) groups is 1. The minimum atomic E-state index is 1.32. The second kappa shape index (κ2) is 12.3. The SMILES string of the molecule is CCCCCCC[CH]SCCCC. The first-order valence-electron chi connectivity index (χ1n) is 5.85. The maximum atomic E-state index is 2.40. The minimum absolute atomic E-state index is 1.32. The van der Waals surface area contributed by atoms with Crippen molar-refractivity contribution in [2.45, 2.75) is 65.2 Å². The van der Waals surface area contributed by atoms with Gasteiger partial charge in [0, 0.05) is 5.75 Å². The van der Waals surface area contributed by atoms with Crippen LogP contribution in [-0.4, -0.2) is 5.75 Å². The predicted octanol–water partition coefficient (Wildman–Crippen LogP) is 5.04. The molecule has 0 saturated heterocycles. The van der Waals surface area contributed by atoms with Crippen LogP contribution in [0, 0.1) is 5.75 Å². The van der Waals surface area contributed by atoms with Crippen molar-refractivity contribution in [2.24, 2.45) is 0 Å². The van der Waals surface area contributed by atoms with Crippen LogP contribution in [0.3, 0.4) is 0 Å². The third kappa shape index (κ3) is 12.4. The highest BCUT2D eigenvalue weighted by Crippen LogP contribution is 2.14. The standard InChI is InChI=1S/C12H25S/c1-3-5-7-8-9-10-12-13-11-6-4-2/h12H,3-11H2,1-2H3. The van der Waals surface area contributed by atoms with Gasteiger partial charge in [-0.1, -0.05) is 52.4 Å². The average Bonchev–Trinajstić information content (AvgIpc) is 2.16. The fourth-order valence-electron chi connectivity index (χ4n) is 1.23. The van der Waals surface area contributed by atoms with Crippen LogP contribution in [0.4, 0.5) is 0 Å². The Morgan fingerprint density at radius 1 is 0.846 bits per heavy atom. The van der Waals surface area contributed by atoms with Gasteiger partial charge in [-0.3, -0.25) is 0 Å². The fraction of sp³-hybridized carbons (Fsp3) is 0.917. The van der Waals surface area contributed by atoms with Crippen molar-refractivity contribution in [2.75, 3.05) is 5.75 Å². The zero-order chi connectivity index (χ0) is 9.78. The van der Waals surface area contributed by atoms with Crippen LogP contribution in [0.25, 0.3) is 0 Å². The summed E-state index contributed by atoms with van der Waals surface area (Å²) in [4.78, 5) is 0. The number of hydrogen-bond donors (Lipinski definition) is 0. The van der Waals surface area contributed by atoms with Crippen LogP contribution < -0.4 is 0 Å². The summed E-state index contributed by atoms with van der Waals surface area (Å²) in [7, 11) is 0. The Labute approximate surface area is 88.9 Å². The zero-order valence-electron chi connectivity index (χ0n) is 9.35. The van der Waals surface area contributed by atoms with Gasteiger partial charge in [-0.25, -0.2) is 0 Å². The molecule has 0 aromatic heterocycles. The van der Waals surface area contributed by atoms with E-state index in [1.165, 1.54) is 57.1 Å². The molecule has 0 saturated carbocycles. The van der Waals surface area contributed by atoms with Crippen molar-refractivity contribution in [3.8, 4) is 0 Å². The van der Waals surface area contributed by atoms with E-state index in [0.29, 0.717) is 0 Å². The molecule has 0 aromatic carbocycles. The van der Waals surface area contributed by atoms with Crippen molar-refractivity contribution in [3.63, 3.8) is 0 Å². The van der Waals surface area contributed by atoms with Crippen molar-refractivity contribution in [1.29, 1.82) is 0 Å². The van der Waals surface area contributed by atoms with E-state index in [1.54, 1.807) is 0 Å². The number of rotatable bonds is 10. The molecule has 1 heteroatoms. The predicted molar refractivity (Wildman–Crippen MR) is 65.0 cm³/mol. The van der Waals surface area contributed by atoms with Crippen LogP contribution in [0.1, 0.15) is 65.2 Å². The van der Waals surface area contributed by atoms with Crippen LogP contribution >= 0.6 is 11.8 Å². The van der Waals surface area contributed by atoms with Crippen molar-refractivity contribution < 1.29 is 0 Å². The molecular weight excluding hydrogens is 176 g/mol. The van der Waals surface area contributed by atoms with E-state index in [9.17, 15) is 0 Å². The van der Waals surface area contributed by atoms with E-state index in [2.05, 4.69) is 19.6 Å². The van der Waals surface area contributed by atoms with Gasteiger partial charge in [0.25, 0.3) is 0 Å². The summed E-state index contributed by atoms with van der Waals surface area (Å²) < 4.78 is 0.